The van der Waals surface area contributed by atoms with Crippen LogP contribution in [0.1, 0.15) is 46.5 Å². The Morgan fingerprint density at radius 2 is 1.80 bits per heavy atom. The highest BCUT2D eigenvalue weighted by Crippen LogP contribution is 2.05. The van der Waals surface area contributed by atoms with Gasteiger partial charge in [-0.05, 0) is 19.3 Å². The summed E-state index contributed by atoms with van der Waals surface area (Å²) in [6.07, 6.45) is 5.28. The standard InChI is InChI=1S/C9H20O/c1-4-7-9(6-3)10-8-5-2/h9H,4-8H2,1-3H3/t9-/m0/s1. The summed E-state index contributed by atoms with van der Waals surface area (Å²) in [5.74, 6) is 0. The van der Waals surface area contributed by atoms with E-state index in [1.54, 1.807) is 0 Å². The molecule has 1 heteroatoms. The van der Waals surface area contributed by atoms with Crippen molar-refractivity contribution >= 4 is 0 Å². The summed E-state index contributed by atoms with van der Waals surface area (Å²) < 4.78 is 5.58. The van der Waals surface area contributed by atoms with Crippen molar-refractivity contribution in [2.24, 2.45) is 0 Å². The molecule has 0 heterocycles. The molecule has 1 atom stereocenters. The van der Waals surface area contributed by atoms with Gasteiger partial charge in [0.05, 0.1) is 6.10 Å². The lowest BCUT2D eigenvalue weighted by Gasteiger charge is -2.13. The Morgan fingerprint density at radius 1 is 1.10 bits per heavy atom. The van der Waals surface area contributed by atoms with Gasteiger partial charge in [0.1, 0.15) is 0 Å². The topological polar surface area (TPSA) is 9.23 Å². The molecule has 0 aliphatic heterocycles. The van der Waals surface area contributed by atoms with Crippen molar-refractivity contribution in [1.82, 2.24) is 0 Å². The summed E-state index contributed by atoms with van der Waals surface area (Å²) in [7, 11) is 0. The second-order valence-corrected chi connectivity index (χ2v) is 2.69. The zero-order chi connectivity index (χ0) is 7.82. The largest absolute Gasteiger partial charge is 0.378 e. The van der Waals surface area contributed by atoms with Crippen LogP contribution >= 0.6 is 0 Å². The molecule has 0 rings (SSSR count). The van der Waals surface area contributed by atoms with Gasteiger partial charge in [-0.1, -0.05) is 27.2 Å². The first-order chi connectivity index (χ1) is 4.85. The Kier molecular flexibility index (Phi) is 7.04. The number of hydrogen-bond acceptors (Lipinski definition) is 1. The molecule has 0 amide bonds. The highest BCUT2D eigenvalue weighted by Gasteiger charge is 2.02. The van der Waals surface area contributed by atoms with Crippen LogP contribution in [0.2, 0.25) is 0 Å². The Bertz CT molecular complexity index is 61.7. The van der Waals surface area contributed by atoms with Crippen LogP contribution in [-0.4, -0.2) is 12.7 Å². The first-order valence-electron chi connectivity index (χ1n) is 4.46. The lowest BCUT2D eigenvalue weighted by molar-refractivity contribution is 0.0449. The van der Waals surface area contributed by atoms with Crippen molar-refractivity contribution in [2.45, 2.75) is 52.6 Å². The molecule has 0 spiro atoms. The van der Waals surface area contributed by atoms with E-state index in [4.69, 9.17) is 4.74 Å². The van der Waals surface area contributed by atoms with Crippen molar-refractivity contribution in [3.05, 3.63) is 0 Å². The van der Waals surface area contributed by atoms with Crippen molar-refractivity contribution in [1.29, 1.82) is 0 Å². The molecule has 0 fully saturated rings. The van der Waals surface area contributed by atoms with Gasteiger partial charge in [-0.25, -0.2) is 0 Å². The van der Waals surface area contributed by atoms with Crippen LogP contribution in [0, 0.1) is 0 Å². The van der Waals surface area contributed by atoms with Gasteiger partial charge in [-0.3, -0.25) is 0 Å². The van der Waals surface area contributed by atoms with Gasteiger partial charge in [-0.2, -0.15) is 0 Å². The van der Waals surface area contributed by atoms with Gasteiger partial charge in [0.2, 0.25) is 0 Å². The maximum atomic E-state index is 5.58. The minimum absolute atomic E-state index is 0.518. The van der Waals surface area contributed by atoms with Crippen molar-refractivity contribution < 1.29 is 4.74 Å². The molecular weight excluding hydrogens is 124 g/mol. The second kappa shape index (κ2) is 7.07. The third-order valence-corrected chi connectivity index (χ3v) is 1.62. The number of hydrogen-bond donors (Lipinski definition) is 0. The molecule has 0 aromatic heterocycles. The lowest BCUT2D eigenvalue weighted by atomic mass is 10.2. The highest BCUT2D eigenvalue weighted by molar-refractivity contribution is 4.52. The first-order valence-corrected chi connectivity index (χ1v) is 4.46. The van der Waals surface area contributed by atoms with Crippen molar-refractivity contribution in [2.75, 3.05) is 6.61 Å². The minimum Gasteiger partial charge on any atom is -0.378 e. The summed E-state index contributed by atoms with van der Waals surface area (Å²) in [4.78, 5) is 0. The number of ether oxygens (including phenoxy) is 1. The predicted molar refractivity (Wildman–Crippen MR) is 45.2 cm³/mol. The zero-order valence-electron chi connectivity index (χ0n) is 7.52. The van der Waals surface area contributed by atoms with E-state index < -0.39 is 0 Å². The summed E-state index contributed by atoms with van der Waals surface area (Å²) in [5.41, 5.74) is 0. The van der Waals surface area contributed by atoms with Gasteiger partial charge in [0.25, 0.3) is 0 Å². The molecule has 0 saturated carbocycles. The average molecular weight is 144 g/mol. The van der Waals surface area contributed by atoms with E-state index in [0.29, 0.717) is 6.10 Å². The van der Waals surface area contributed by atoms with Gasteiger partial charge < -0.3 is 4.74 Å². The smallest absolute Gasteiger partial charge is 0.0572 e. The molecule has 0 bridgehead atoms. The van der Waals surface area contributed by atoms with E-state index >= 15 is 0 Å². The minimum atomic E-state index is 0.518. The molecule has 0 saturated heterocycles. The van der Waals surface area contributed by atoms with Crippen LogP contribution in [0.25, 0.3) is 0 Å². The number of rotatable bonds is 6. The molecule has 0 aliphatic carbocycles. The van der Waals surface area contributed by atoms with Crippen LogP contribution in [0.4, 0.5) is 0 Å². The molecule has 0 aromatic rings. The predicted octanol–water partition coefficient (Wildman–Crippen LogP) is 2.99. The molecule has 0 N–H and O–H groups in total. The van der Waals surface area contributed by atoms with E-state index in [0.717, 1.165) is 19.4 Å². The first kappa shape index (κ1) is 9.96. The monoisotopic (exact) mass is 144 g/mol. The average Bonchev–Trinajstić information content (AvgIpc) is 1.98. The van der Waals surface area contributed by atoms with Crippen LogP contribution in [0.5, 0.6) is 0 Å². The van der Waals surface area contributed by atoms with Crippen LogP contribution in [-0.2, 0) is 4.74 Å². The fourth-order valence-electron chi connectivity index (χ4n) is 1.01. The van der Waals surface area contributed by atoms with E-state index in [2.05, 4.69) is 20.8 Å². The Morgan fingerprint density at radius 3 is 2.20 bits per heavy atom. The van der Waals surface area contributed by atoms with Gasteiger partial charge in [0, 0.05) is 6.61 Å². The van der Waals surface area contributed by atoms with Gasteiger partial charge >= 0.3 is 0 Å². The molecular formula is C9H20O. The maximum Gasteiger partial charge on any atom is 0.0572 e. The van der Waals surface area contributed by atoms with Crippen molar-refractivity contribution in [3.63, 3.8) is 0 Å². The van der Waals surface area contributed by atoms with E-state index in [1.807, 2.05) is 0 Å². The third kappa shape index (κ3) is 4.80. The van der Waals surface area contributed by atoms with E-state index in [1.165, 1.54) is 12.8 Å². The molecule has 62 valence electrons. The van der Waals surface area contributed by atoms with Crippen LogP contribution < -0.4 is 0 Å². The van der Waals surface area contributed by atoms with Crippen LogP contribution in [0.15, 0.2) is 0 Å². The summed E-state index contributed by atoms with van der Waals surface area (Å²) >= 11 is 0. The Labute approximate surface area is 64.8 Å². The molecule has 10 heavy (non-hydrogen) atoms. The summed E-state index contributed by atoms with van der Waals surface area (Å²) in [5, 5.41) is 0. The lowest BCUT2D eigenvalue weighted by Crippen LogP contribution is -2.11. The summed E-state index contributed by atoms with van der Waals surface area (Å²) in [6, 6.07) is 0. The van der Waals surface area contributed by atoms with E-state index in [9.17, 15) is 0 Å². The molecule has 0 unspecified atom stereocenters. The molecule has 0 aliphatic rings. The van der Waals surface area contributed by atoms with Crippen LogP contribution in [0.3, 0.4) is 0 Å². The fourth-order valence-corrected chi connectivity index (χ4v) is 1.01. The second-order valence-electron chi connectivity index (χ2n) is 2.69. The fraction of sp³-hybridized carbons (Fsp3) is 1.00. The normalized spacial score (nSPS) is 13.5. The Balaban J connectivity index is 3.21. The quantitative estimate of drug-likeness (QED) is 0.557. The van der Waals surface area contributed by atoms with E-state index in [-0.39, 0.29) is 0 Å². The molecule has 1 nitrogen and oxygen atoms in total. The SMILES string of the molecule is CCCO[C@@H](CC)CCC. The molecule has 0 aromatic carbocycles. The third-order valence-electron chi connectivity index (χ3n) is 1.62. The van der Waals surface area contributed by atoms with Crippen molar-refractivity contribution in [3.8, 4) is 0 Å². The molecule has 0 radical (unpaired) electrons. The van der Waals surface area contributed by atoms with Gasteiger partial charge in [0.15, 0.2) is 0 Å². The maximum absolute atomic E-state index is 5.58. The van der Waals surface area contributed by atoms with Gasteiger partial charge in [-0.15, -0.1) is 0 Å². The Hall–Kier alpha value is -0.0400. The zero-order valence-corrected chi connectivity index (χ0v) is 7.52. The summed E-state index contributed by atoms with van der Waals surface area (Å²) in [6.45, 7) is 7.48. The highest BCUT2D eigenvalue weighted by atomic mass is 16.5.